The van der Waals surface area contributed by atoms with Crippen LogP contribution >= 0.6 is 11.6 Å². The quantitative estimate of drug-likeness (QED) is 0.627. The Labute approximate surface area is 104 Å². The zero-order valence-corrected chi connectivity index (χ0v) is 10.2. The van der Waals surface area contributed by atoms with Gasteiger partial charge >= 0.3 is 5.69 Å². The first kappa shape index (κ1) is 13.5. The lowest BCUT2D eigenvalue weighted by Crippen LogP contribution is -2.06. The number of nitro benzene ring substituents is 1. The Morgan fingerprint density at radius 3 is 2.88 bits per heavy atom. The maximum Gasteiger partial charge on any atom is 0.311 e. The molecule has 1 aromatic rings. The summed E-state index contributed by atoms with van der Waals surface area (Å²) in [7, 11) is 1.77. The first-order valence-electron chi connectivity index (χ1n) is 4.92. The van der Waals surface area contributed by atoms with Gasteiger partial charge in [-0.1, -0.05) is 24.2 Å². The van der Waals surface area contributed by atoms with Crippen LogP contribution in [-0.2, 0) is 6.54 Å². The van der Waals surface area contributed by atoms with Crippen LogP contribution in [0.3, 0.4) is 0 Å². The molecular formula is C11H13ClN2O3. The first-order valence-corrected chi connectivity index (χ1v) is 5.30. The van der Waals surface area contributed by atoms with Crippen molar-refractivity contribution in [2.45, 2.75) is 6.54 Å². The summed E-state index contributed by atoms with van der Waals surface area (Å²) >= 11 is 5.54. The molecule has 1 N–H and O–H groups in total. The highest BCUT2D eigenvalue weighted by atomic mass is 35.5. The number of nitrogens with zero attached hydrogens (tertiary/aromatic N) is 1. The Morgan fingerprint density at radius 1 is 1.65 bits per heavy atom. The normalized spacial score (nSPS) is 10.0. The summed E-state index contributed by atoms with van der Waals surface area (Å²) in [4.78, 5) is 10.4. The maximum absolute atomic E-state index is 10.9. The summed E-state index contributed by atoms with van der Waals surface area (Å²) in [5.41, 5.74) is 0.743. The Morgan fingerprint density at radius 2 is 2.35 bits per heavy atom. The molecule has 1 aromatic carbocycles. The fourth-order valence-electron chi connectivity index (χ4n) is 1.30. The number of nitro groups is 1. The summed E-state index contributed by atoms with van der Waals surface area (Å²) in [5.74, 6) is 0.191. The van der Waals surface area contributed by atoms with Gasteiger partial charge in [-0.05, 0) is 18.7 Å². The fourth-order valence-corrected chi connectivity index (χ4v) is 1.35. The molecule has 0 saturated carbocycles. The van der Waals surface area contributed by atoms with Gasteiger partial charge in [-0.25, -0.2) is 0 Å². The summed E-state index contributed by atoms with van der Waals surface area (Å²) in [6, 6.07) is 4.79. The third kappa shape index (κ3) is 4.05. The lowest BCUT2D eigenvalue weighted by molar-refractivity contribution is -0.385. The molecule has 0 radical (unpaired) electrons. The number of hydrogen-bond donors (Lipinski definition) is 1. The molecule has 0 aliphatic rings. The molecule has 0 spiro atoms. The van der Waals surface area contributed by atoms with Crippen LogP contribution in [0.5, 0.6) is 5.75 Å². The van der Waals surface area contributed by atoms with Crippen LogP contribution in [0.2, 0.25) is 0 Å². The van der Waals surface area contributed by atoms with Crippen molar-refractivity contribution in [1.29, 1.82) is 0 Å². The van der Waals surface area contributed by atoms with Crippen molar-refractivity contribution in [3.05, 3.63) is 45.5 Å². The Balaban J connectivity index is 2.95. The smallest absolute Gasteiger partial charge is 0.311 e. The molecule has 17 heavy (non-hydrogen) atoms. The zero-order valence-electron chi connectivity index (χ0n) is 9.40. The van der Waals surface area contributed by atoms with Crippen LogP contribution in [0.1, 0.15) is 5.56 Å². The average Bonchev–Trinajstić information content (AvgIpc) is 2.27. The van der Waals surface area contributed by atoms with Crippen molar-refractivity contribution in [3.63, 3.8) is 0 Å². The van der Waals surface area contributed by atoms with Crippen molar-refractivity contribution in [1.82, 2.24) is 5.32 Å². The van der Waals surface area contributed by atoms with E-state index in [9.17, 15) is 10.1 Å². The summed E-state index contributed by atoms with van der Waals surface area (Å²) in [5, 5.41) is 14.1. The number of hydrogen-bond acceptors (Lipinski definition) is 4. The molecule has 0 aromatic heterocycles. The molecule has 5 nitrogen and oxygen atoms in total. The lowest BCUT2D eigenvalue weighted by atomic mass is 10.2. The maximum atomic E-state index is 10.9. The largest absolute Gasteiger partial charge is 0.481 e. The average molecular weight is 257 g/mol. The number of ether oxygens (including phenoxy) is 1. The summed E-state index contributed by atoms with van der Waals surface area (Å²) in [6.45, 7) is 4.06. The molecule has 0 atom stereocenters. The van der Waals surface area contributed by atoms with Crippen molar-refractivity contribution >= 4 is 17.3 Å². The molecule has 0 bridgehead atoms. The third-order valence-electron chi connectivity index (χ3n) is 1.99. The van der Waals surface area contributed by atoms with E-state index < -0.39 is 4.92 Å². The van der Waals surface area contributed by atoms with Gasteiger partial charge in [0.15, 0.2) is 5.75 Å². The van der Waals surface area contributed by atoms with Crippen LogP contribution in [-0.4, -0.2) is 18.6 Å². The van der Waals surface area contributed by atoms with Gasteiger partial charge in [0.05, 0.1) is 4.92 Å². The Kier molecular flexibility index (Phi) is 4.93. The van der Waals surface area contributed by atoms with E-state index in [-0.39, 0.29) is 18.0 Å². The van der Waals surface area contributed by atoms with Crippen molar-refractivity contribution in [2.75, 3.05) is 13.7 Å². The fraction of sp³-hybridized carbons (Fsp3) is 0.273. The van der Waals surface area contributed by atoms with Gasteiger partial charge in [-0.15, -0.1) is 0 Å². The van der Waals surface area contributed by atoms with E-state index in [1.165, 1.54) is 6.07 Å². The number of halogens is 1. The first-order chi connectivity index (χ1) is 8.04. The van der Waals surface area contributed by atoms with Crippen molar-refractivity contribution in [2.24, 2.45) is 0 Å². The zero-order chi connectivity index (χ0) is 12.8. The van der Waals surface area contributed by atoms with Gasteiger partial charge in [0.25, 0.3) is 0 Å². The monoisotopic (exact) mass is 256 g/mol. The molecule has 0 heterocycles. The molecule has 0 amide bonds. The Hall–Kier alpha value is -1.59. The molecule has 0 unspecified atom stereocenters. The molecule has 0 aliphatic heterocycles. The molecule has 0 fully saturated rings. The van der Waals surface area contributed by atoms with E-state index in [1.807, 2.05) is 0 Å². The van der Waals surface area contributed by atoms with Gasteiger partial charge in [-0.2, -0.15) is 0 Å². The van der Waals surface area contributed by atoms with Crippen molar-refractivity contribution < 1.29 is 9.66 Å². The van der Waals surface area contributed by atoms with Crippen LogP contribution in [0, 0.1) is 10.1 Å². The third-order valence-corrected chi connectivity index (χ3v) is 2.09. The van der Waals surface area contributed by atoms with Gasteiger partial charge in [0.2, 0.25) is 0 Å². The van der Waals surface area contributed by atoms with E-state index in [0.29, 0.717) is 11.6 Å². The number of nitrogens with one attached hydrogen (secondary N) is 1. The highest BCUT2D eigenvalue weighted by Crippen LogP contribution is 2.28. The van der Waals surface area contributed by atoms with E-state index in [1.54, 1.807) is 19.2 Å². The molecule has 1 rings (SSSR count). The molecule has 92 valence electrons. The number of benzene rings is 1. The second-order valence-electron chi connectivity index (χ2n) is 3.40. The highest BCUT2D eigenvalue weighted by molar-refractivity contribution is 6.29. The highest BCUT2D eigenvalue weighted by Gasteiger charge is 2.15. The van der Waals surface area contributed by atoms with E-state index in [0.717, 1.165) is 5.56 Å². The second kappa shape index (κ2) is 6.22. The van der Waals surface area contributed by atoms with Gasteiger partial charge in [0, 0.05) is 17.6 Å². The SMILES string of the molecule is C=C(Cl)COc1ccc(CNC)cc1[N+](=O)[O-]. The Bertz CT molecular complexity index is 435. The predicted molar refractivity (Wildman–Crippen MR) is 66.3 cm³/mol. The van der Waals surface area contributed by atoms with E-state index in [4.69, 9.17) is 16.3 Å². The van der Waals surface area contributed by atoms with Gasteiger partial charge in [0.1, 0.15) is 6.61 Å². The minimum Gasteiger partial charge on any atom is -0.481 e. The molecule has 0 aliphatic carbocycles. The molecule has 0 saturated heterocycles. The van der Waals surface area contributed by atoms with Crippen LogP contribution < -0.4 is 10.1 Å². The second-order valence-corrected chi connectivity index (χ2v) is 3.93. The van der Waals surface area contributed by atoms with Gasteiger partial charge in [-0.3, -0.25) is 10.1 Å². The van der Waals surface area contributed by atoms with Crippen LogP contribution in [0.25, 0.3) is 0 Å². The van der Waals surface area contributed by atoms with Crippen molar-refractivity contribution in [3.8, 4) is 5.75 Å². The number of rotatable bonds is 6. The minimum absolute atomic E-state index is 0.0494. The molecular weight excluding hydrogens is 244 g/mol. The standard InChI is InChI=1S/C11H13ClN2O3/c1-8(12)7-17-11-4-3-9(6-13-2)5-10(11)14(15)16/h3-5,13H,1,6-7H2,2H3. The topological polar surface area (TPSA) is 64.4 Å². The van der Waals surface area contributed by atoms with Crippen LogP contribution in [0.4, 0.5) is 5.69 Å². The van der Waals surface area contributed by atoms with E-state index >= 15 is 0 Å². The van der Waals surface area contributed by atoms with E-state index in [2.05, 4.69) is 11.9 Å². The van der Waals surface area contributed by atoms with Crippen LogP contribution in [0.15, 0.2) is 29.8 Å². The predicted octanol–water partition coefficient (Wildman–Crippen LogP) is 2.45. The minimum atomic E-state index is -0.481. The summed E-state index contributed by atoms with van der Waals surface area (Å²) < 4.78 is 5.20. The lowest BCUT2D eigenvalue weighted by Gasteiger charge is -2.07. The van der Waals surface area contributed by atoms with Gasteiger partial charge < -0.3 is 10.1 Å². The molecule has 6 heteroatoms. The summed E-state index contributed by atoms with van der Waals surface area (Å²) in [6.07, 6.45) is 0.